The standard InChI is InChI=1S/C23H25N9O13S2/c1-23(2,19(38)39)45-30-14(10-6-46-20(24)27-10)17(36)26-9-5-32(18(9)37)21(40)31-47(42,43)7-13-15(29-22(41)44-13)28-16(35)8-3-11(33)12(34)4-25-8/h3-4,6,9,12-13,15,34H,5,7H2,1-2H3,(H2,24,27)(H,26,36)(H,28,35)(H,29,41)(H,31,40)(H,38,39). The first-order valence-electron chi connectivity index (χ1n) is 13.0. The number of imide groups is 1. The third kappa shape index (κ3) is 8.03. The first kappa shape index (κ1) is 34.4. The van der Waals surface area contributed by atoms with E-state index in [1.165, 1.54) is 5.38 Å². The van der Waals surface area contributed by atoms with E-state index in [0.717, 1.165) is 37.5 Å². The third-order valence-electron chi connectivity index (χ3n) is 6.31. The smallest absolute Gasteiger partial charge is 0.409 e. The largest absolute Gasteiger partial charge is 0.478 e. The van der Waals surface area contributed by atoms with Crippen LogP contribution in [0.25, 0.3) is 0 Å². The molecule has 4 heterocycles. The van der Waals surface area contributed by atoms with E-state index in [4.69, 9.17) is 15.3 Å². The van der Waals surface area contributed by atoms with Gasteiger partial charge in [-0.15, -0.1) is 11.3 Å². The van der Waals surface area contributed by atoms with E-state index in [1.807, 2.05) is 0 Å². The number of carbonyl (C=O) groups is 7. The van der Waals surface area contributed by atoms with Crippen LogP contribution in [0.4, 0.5) is 14.7 Å². The molecular formula is C23H25N9O13S2. The van der Waals surface area contributed by atoms with E-state index in [0.29, 0.717) is 4.90 Å². The maximum Gasteiger partial charge on any atom is 0.409 e. The van der Waals surface area contributed by atoms with Gasteiger partial charge in [0.25, 0.3) is 17.7 Å². The number of carboxylic acid groups (broad SMARTS) is 1. The number of thiazole rings is 1. The minimum Gasteiger partial charge on any atom is -0.478 e. The lowest BCUT2D eigenvalue weighted by molar-refractivity contribution is -0.161. The lowest BCUT2D eigenvalue weighted by atomic mass is 10.1. The number of aliphatic imine (C=N–C) groups is 1. The molecule has 24 heteroatoms. The molecule has 2 fully saturated rings. The zero-order valence-electron chi connectivity index (χ0n) is 24.0. The van der Waals surface area contributed by atoms with Gasteiger partial charge in [-0.1, -0.05) is 5.16 Å². The third-order valence-corrected chi connectivity index (χ3v) is 8.24. The number of ether oxygens (including phenoxy) is 1. The van der Waals surface area contributed by atoms with Crippen LogP contribution in [0.15, 0.2) is 27.3 Å². The number of aliphatic hydroxyl groups excluding tert-OH is 1. The van der Waals surface area contributed by atoms with Gasteiger partial charge in [-0.05, 0) is 13.8 Å². The van der Waals surface area contributed by atoms with E-state index >= 15 is 0 Å². The molecular weight excluding hydrogens is 674 g/mol. The number of aliphatic carboxylic acids is 1. The highest BCUT2D eigenvalue weighted by Crippen LogP contribution is 2.17. The SMILES string of the molecule is CC(C)(ON=C(C(=O)NC1CN(C(=O)NS(=O)(=O)CC2OC(=O)NC2NC(=O)C2=CC(=O)C(O)C=N2)C1=O)c1csc(N)n1)C(=O)O. The number of ketones is 1. The van der Waals surface area contributed by atoms with Gasteiger partial charge in [0.05, 0.1) is 6.54 Å². The number of hydrogen-bond donors (Lipinski definition) is 7. The Morgan fingerprint density at radius 3 is 2.55 bits per heavy atom. The van der Waals surface area contributed by atoms with Gasteiger partial charge in [-0.3, -0.25) is 34.4 Å². The van der Waals surface area contributed by atoms with Crippen molar-refractivity contribution in [1.29, 1.82) is 0 Å². The van der Waals surface area contributed by atoms with Crippen LogP contribution >= 0.6 is 11.3 Å². The number of nitrogens with one attached hydrogen (secondary N) is 4. The van der Waals surface area contributed by atoms with Crippen molar-refractivity contribution in [2.75, 3.05) is 18.0 Å². The Hall–Kier alpha value is -5.49. The summed E-state index contributed by atoms with van der Waals surface area (Å²) in [5.41, 5.74) is 2.65. The summed E-state index contributed by atoms with van der Waals surface area (Å²) >= 11 is 0.928. The van der Waals surface area contributed by atoms with Crippen LogP contribution in [0.5, 0.6) is 0 Å². The average molecular weight is 700 g/mol. The Balaban J connectivity index is 1.34. The number of amides is 6. The second kappa shape index (κ2) is 13.1. The number of oxime groups is 1. The maximum atomic E-state index is 12.9. The molecule has 0 aromatic carbocycles. The monoisotopic (exact) mass is 699 g/mol. The number of β-lactam (4-membered cyclic amide) rings is 1. The number of aromatic nitrogens is 1. The molecule has 2 saturated heterocycles. The number of nitrogens with zero attached hydrogens (tertiary/aromatic N) is 4. The number of aliphatic hydroxyl groups is 1. The average Bonchev–Trinajstić information content (AvgIpc) is 3.54. The number of carboxylic acids is 1. The number of likely N-dealkylation sites (tertiary alicyclic amines) is 1. The van der Waals surface area contributed by atoms with Crippen molar-refractivity contribution >= 4 is 80.0 Å². The molecule has 252 valence electrons. The van der Waals surface area contributed by atoms with Crippen LogP contribution in [-0.4, -0.2) is 124 Å². The molecule has 0 bridgehead atoms. The van der Waals surface area contributed by atoms with Crippen LogP contribution in [0.3, 0.4) is 0 Å². The number of alkyl carbamates (subject to hydrolysis) is 1. The number of rotatable bonds is 11. The van der Waals surface area contributed by atoms with Gasteiger partial charge in [0, 0.05) is 17.7 Å². The van der Waals surface area contributed by atoms with Crippen molar-refractivity contribution in [2.24, 2.45) is 10.1 Å². The topological polar surface area (TPSA) is 328 Å². The molecule has 0 spiro atoms. The maximum absolute atomic E-state index is 12.9. The Kier molecular flexibility index (Phi) is 9.58. The molecule has 47 heavy (non-hydrogen) atoms. The highest BCUT2D eigenvalue weighted by Gasteiger charge is 2.45. The van der Waals surface area contributed by atoms with Crippen molar-refractivity contribution in [3.05, 3.63) is 22.8 Å². The Morgan fingerprint density at radius 1 is 1.26 bits per heavy atom. The second-order valence-corrected chi connectivity index (χ2v) is 12.9. The first-order valence-corrected chi connectivity index (χ1v) is 15.5. The van der Waals surface area contributed by atoms with Crippen LogP contribution in [0.1, 0.15) is 19.5 Å². The summed E-state index contributed by atoms with van der Waals surface area (Å²) in [5.74, 6) is -6.43. The number of sulfonamides is 1. The Labute approximate surface area is 267 Å². The molecule has 22 nitrogen and oxygen atoms in total. The summed E-state index contributed by atoms with van der Waals surface area (Å²) in [5, 5.41) is 30.1. The molecule has 4 atom stereocenters. The summed E-state index contributed by atoms with van der Waals surface area (Å²) in [4.78, 5) is 98.2. The van der Waals surface area contributed by atoms with Crippen LogP contribution in [0.2, 0.25) is 0 Å². The predicted octanol–water partition coefficient (Wildman–Crippen LogP) is -3.88. The fourth-order valence-corrected chi connectivity index (χ4v) is 5.43. The van der Waals surface area contributed by atoms with Crippen molar-refractivity contribution in [3.63, 3.8) is 0 Å². The summed E-state index contributed by atoms with van der Waals surface area (Å²) < 4.78 is 31.9. The minimum atomic E-state index is -4.64. The van der Waals surface area contributed by atoms with Gasteiger partial charge in [0.2, 0.25) is 15.6 Å². The number of nitrogen functional groups attached to an aromatic ring is 1. The summed E-state index contributed by atoms with van der Waals surface area (Å²) in [6.07, 6.45) is -4.17. The number of cyclic esters (lactones) is 1. The zero-order valence-corrected chi connectivity index (χ0v) is 25.7. The number of hydrogen-bond acceptors (Lipinski definition) is 17. The van der Waals surface area contributed by atoms with Crippen molar-refractivity contribution < 1.29 is 61.8 Å². The van der Waals surface area contributed by atoms with E-state index in [2.05, 4.69) is 31.1 Å². The van der Waals surface area contributed by atoms with E-state index in [-0.39, 0.29) is 10.8 Å². The lowest BCUT2D eigenvalue weighted by Crippen LogP contribution is -2.68. The lowest BCUT2D eigenvalue weighted by Gasteiger charge is -2.36. The van der Waals surface area contributed by atoms with Gasteiger partial charge < -0.3 is 36.2 Å². The van der Waals surface area contributed by atoms with Gasteiger partial charge in [0.15, 0.2) is 28.8 Å². The molecule has 3 aliphatic rings. The molecule has 8 N–H and O–H groups in total. The van der Waals surface area contributed by atoms with E-state index in [1.54, 1.807) is 4.72 Å². The molecule has 6 amide bonds. The normalized spacial score (nSPS) is 22.8. The van der Waals surface area contributed by atoms with Gasteiger partial charge in [-0.25, -0.2) is 32.5 Å². The highest BCUT2D eigenvalue weighted by atomic mass is 32.2. The minimum absolute atomic E-state index is 0.0339. The van der Waals surface area contributed by atoms with Gasteiger partial charge >= 0.3 is 18.1 Å². The molecule has 1 aromatic rings. The second-order valence-electron chi connectivity index (χ2n) is 10.3. The Bertz CT molecular complexity index is 1750. The van der Waals surface area contributed by atoms with Crippen molar-refractivity contribution in [2.45, 2.75) is 43.9 Å². The predicted molar refractivity (Wildman–Crippen MR) is 155 cm³/mol. The Morgan fingerprint density at radius 2 is 1.96 bits per heavy atom. The summed E-state index contributed by atoms with van der Waals surface area (Å²) in [6.45, 7) is 1.82. The summed E-state index contributed by atoms with van der Waals surface area (Å²) in [6, 6.07) is -2.75. The number of anilines is 1. The van der Waals surface area contributed by atoms with Gasteiger partial charge in [-0.2, -0.15) is 0 Å². The van der Waals surface area contributed by atoms with Crippen LogP contribution < -0.4 is 26.4 Å². The molecule has 4 unspecified atom stereocenters. The molecule has 4 rings (SSSR count). The highest BCUT2D eigenvalue weighted by molar-refractivity contribution is 7.90. The van der Waals surface area contributed by atoms with E-state index in [9.17, 15) is 52.2 Å². The first-order chi connectivity index (χ1) is 21.9. The fourth-order valence-electron chi connectivity index (χ4n) is 3.73. The molecule has 1 aromatic heterocycles. The molecule has 0 radical (unpaired) electrons. The van der Waals surface area contributed by atoms with Crippen LogP contribution in [0, 0.1) is 0 Å². The molecule has 3 aliphatic heterocycles. The van der Waals surface area contributed by atoms with Crippen LogP contribution in [-0.2, 0) is 43.6 Å². The van der Waals surface area contributed by atoms with E-state index < -0.39 is 105 Å². The fraction of sp³-hybridized carbons (Fsp3) is 0.391. The number of urea groups is 1. The molecule has 0 aliphatic carbocycles. The quantitative estimate of drug-likeness (QED) is 0.0660. The number of nitrogens with two attached hydrogens (primary N) is 1. The molecule has 0 saturated carbocycles. The van der Waals surface area contributed by atoms with Crippen molar-refractivity contribution in [3.8, 4) is 0 Å². The number of carbonyl (C=O) groups excluding carboxylic acids is 6. The van der Waals surface area contributed by atoms with Crippen molar-refractivity contribution in [1.82, 2.24) is 30.6 Å². The summed E-state index contributed by atoms with van der Waals surface area (Å²) in [7, 11) is -4.64. The zero-order chi connectivity index (χ0) is 34.8. The van der Waals surface area contributed by atoms with Gasteiger partial charge in [0.1, 0.15) is 29.4 Å².